The monoisotopic (exact) mass is 691 g/mol. The third-order valence-electron chi connectivity index (χ3n) is 8.57. The van der Waals surface area contributed by atoms with Crippen molar-refractivity contribution in [2.75, 3.05) is 19.8 Å². The Kier molecular flexibility index (Phi) is 13.2. The minimum atomic E-state index is -1.96. The van der Waals surface area contributed by atoms with E-state index < -0.39 is 148 Å². The molecule has 0 aliphatic carbocycles. The Morgan fingerprint density at radius 1 is 0.553 bits per heavy atom. The predicted molar refractivity (Wildman–Crippen MR) is 144 cm³/mol. The van der Waals surface area contributed by atoms with Crippen molar-refractivity contribution in [1.29, 1.82) is 0 Å². The summed E-state index contributed by atoms with van der Waals surface area (Å²) in [5.74, 6) is -0.759. The van der Waals surface area contributed by atoms with E-state index in [1.165, 1.54) is 6.92 Å². The highest BCUT2D eigenvalue weighted by Crippen LogP contribution is 2.35. The van der Waals surface area contributed by atoms with Gasteiger partial charge in [0.1, 0.15) is 91.5 Å². The lowest BCUT2D eigenvalue weighted by atomic mass is 9.93. The summed E-state index contributed by atoms with van der Waals surface area (Å²) in [6, 6.07) is -1.60. The van der Waals surface area contributed by atoms with Crippen LogP contribution < -0.4 is 5.32 Å². The molecule has 20 atom stereocenters. The van der Waals surface area contributed by atoms with E-state index in [0.29, 0.717) is 0 Å². The molecule has 47 heavy (non-hydrogen) atoms. The zero-order chi connectivity index (χ0) is 34.9. The molecule has 4 heterocycles. The van der Waals surface area contributed by atoms with Crippen LogP contribution in [-0.2, 0) is 38.0 Å². The molecule has 274 valence electrons. The number of amides is 1. The van der Waals surface area contributed by atoms with E-state index in [1.807, 2.05) is 0 Å². The van der Waals surface area contributed by atoms with E-state index in [4.69, 9.17) is 33.2 Å². The van der Waals surface area contributed by atoms with Gasteiger partial charge in [-0.3, -0.25) is 4.79 Å². The second-order valence-corrected chi connectivity index (χ2v) is 11.9. The molecule has 21 heteroatoms. The molecular weight excluding hydrogens is 646 g/mol. The van der Waals surface area contributed by atoms with E-state index >= 15 is 0 Å². The molecule has 4 saturated heterocycles. The Bertz CT molecular complexity index is 1010. The predicted octanol–water partition coefficient (Wildman–Crippen LogP) is -8.58. The molecule has 4 fully saturated rings. The molecule has 0 bridgehead atoms. The highest BCUT2D eigenvalue weighted by Gasteiger charge is 2.56. The minimum Gasteiger partial charge on any atom is -0.394 e. The number of carbonyl (C=O) groups excluding carboxylic acids is 1. The first kappa shape index (κ1) is 38.5. The summed E-state index contributed by atoms with van der Waals surface area (Å²) in [6.07, 6.45) is -32.7. The first-order valence-electron chi connectivity index (χ1n) is 15.0. The maximum absolute atomic E-state index is 12.5. The lowest BCUT2D eigenvalue weighted by molar-refractivity contribution is -0.384. The number of ether oxygens (including phenoxy) is 7. The number of rotatable bonds is 10. The Labute approximate surface area is 267 Å². The van der Waals surface area contributed by atoms with Crippen molar-refractivity contribution in [3.63, 3.8) is 0 Å². The summed E-state index contributed by atoms with van der Waals surface area (Å²) in [7, 11) is 0. The smallest absolute Gasteiger partial charge is 0.217 e. The third kappa shape index (κ3) is 8.04. The molecule has 4 aliphatic heterocycles. The van der Waals surface area contributed by atoms with E-state index in [2.05, 4.69) is 5.32 Å². The lowest BCUT2D eigenvalue weighted by Crippen LogP contribution is -2.71. The highest BCUT2D eigenvalue weighted by atomic mass is 16.8. The summed E-state index contributed by atoms with van der Waals surface area (Å²) in [6.45, 7) is -0.142. The largest absolute Gasteiger partial charge is 0.394 e. The van der Waals surface area contributed by atoms with Crippen molar-refractivity contribution in [2.24, 2.45) is 0 Å². The van der Waals surface area contributed by atoms with Gasteiger partial charge in [-0.05, 0) is 6.92 Å². The number of carbonyl (C=O) groups is 1. The topological polar surface area (TPSA) is 336 Å². The molecule has 21 nitrogen and oxygen atoms in total. The van der Waals surface area contributed by atoms with Crippen LogP contribution in [0, 0.1) is 0 Å². The molecule has 4 aliphatic rings. The summed E-state index contributed by atoms with van der Waals surface area (Å²) in [4.78, 5) is 12.5. The van der Waals surface area contributed by atoms with Crippen molar-refractivity contribution < 1.29 is 99.2 Å². The van der Waals surface area contributed by atoms with Gasteiger partial charge in [-0.1, -0.05) is 0 Å². The first-order valence-corrected chi connectivity index (χ1v) is 15.0. The van der Waals surface area contributed by atoms with Gasteiger partial charge in [-0.2, -0.15) is 0 Å². The Hall–Kier alpha value is -1.29. The van der Waals surface area contributed by atoms with Gasteiger partial charge in [0.05, 0.1) is 25.9 Å². The van der Waals surface area contributed by atoms with Crippen LogP contribution in [0.3, 0.4) is 0 Å². The van der Waals surface area contributed by atoms with E-state index in [9.17, 15) is 66.1 Å². The zero-order valence-electron chi connectivity index (χ0n) is 25.3. The fourth-order valence-electron chi connectivity index (χ4n) is 5.88. The molecular formula is C26H45NO20. The summed E-state index contributed by atoms with van der Waals surface area (Å²) in [5, 5.41) is 126. The number of aliphatic hydroxyl groups excluding tert-OH is 12. The average molecular weight is 692 g/mol. The molecule has 0 aromatic heterocycles. The molecule has 0 aromatic carbocycles. The third-order valence-corrected chi connectivity index (χ3v) is 8.57. The van der Waals surface area contributed by atoms with Gasteiger partial charge in [0.15, 0.2) is 25.2 Å². The van der Waals surface area contributed by atoms with E-state index in [-0.39, 0.29) is 0 Å². The van der Waals surface area contributed by atoms with Crippen LogP contribution in [0.4, 0.5) is 0 Å². The maximum Gasteiger partial charge on any atom is 0.217 e. The van der Waals surface area contributed by atoms with Crippen LogP contribution in [-0.4, -0.2) is 210 Å². The lowest BCUT2D eigenvalue weighted by Gasteiger charge is -2.51. The van der Waals surface area contributed by atoms with Crippen molar-refractivity contribution in [1.82, 2.24) is 5.32 Å². The highest BCUT2D eigenvalue weighted by molar-refractivity contribution is 5.73. The molecule has 13 N–H and O–H groups in total. The van der Waals surface area contributed by atoms with Crippen LogP contribution >= 0.6 is 0 Å². The molecule has 0 radical (unpaired) electrons. The fraction of sp³-hybridized carbons (Fsp3) is 0.962. The first-order chi connectivity index (χ1) is 22.1. The van der Waals surface area contributed by atoms with Crippen molar-refractivity contribution in [3.05, 3.63) is 0 Å². The summed E-state index contributed by atoms with van der Waals surface area (Å²) < 4.78 is 39.5. The second-order valence-electron chi connectivity index (χ2n) is 11.9. The van der Waals surface area contributed by atoms with Crippen LogP contribution in [0.15, 0.2) is 0 Å². The molecule has 4 rings (SSSR count). The van der Waals surface area contributed by atoms with E-state index in [0.717, 1.165) is 6.92 Å². The van der Waals surface area contributed by atoms with Gasteiger partial charge in [0.2, 0.25) is 5.91 Å². The van der Waals surface area contributed by atoms with Crippen LogP contribution in [0.5, 0.6) is 0 Å². The minimum absolute atomic E-state index is 0.759. The normalized spacial score (nSPS) is 51.0. The van der Waals surface area contributed by atoms with Crippen molar-refractivity contribution in [2.45, 2.75) is 137 Å². The maximum atomic E-state index is 12.5. The van der Waals surface area contributed by atoms with E-state index in [1.54, 1.807) is 0 Å². The van der Waals surface area contributed by atoms with Crippen LogP contribution in [0.1, 0.15) is 13.8 Å². The molecule has 0 spiro atoms. The fourth-order valence-corrected chi connectivity index (χ4v) is 5.88. The molecule has 0 saturated carbocycles. The number of hydrogen-bond acceptors (Lipinski definition) is 20. The Balaban J connectivity index is 1.73. The van der Waals surface area contributed by atoms with Gasteiger partial charge in [0.25, 0.3) is 0 Å². The number of nitrogens with one attached hydrogen (secondary N) is 1. The van der Waals surface area contributed by atoms with Gasteiger partial charge < -0.3 is 99.8 Å². The SMILES string of the molecule is CC(=O)N[C@H]1[C@H](O[C@@H]2[C@@H](O)[C@H](O)O[C@H](CO)[C@@H]2O)O[C@H](CO)[C@@H](O[C@@H]2O[C@H](CO)[C@H](O)[C@H](O)[C@H]2O)[C@@H]1O[C@@H]1O[C@@H](C)[C@@H](O)[C@@H](O)[C@@H]1O. The number of aliphatic hydroxyl groups is 12. The van der Waals surface area contributed by atoms with Crippen molar-refractivity contribution >= 4 is 5.91 Å². The van der Waals surface area contributed by atoms with Crippen LogP contribution in [0.25, 0.3) is 0 Å². The Morgan fingerprint density at radius 3 is 1.62 bits per heavy atom. The standard InChI is InChI=1S/C26H45NO20/c1-6-12(32)15(35)17(37)25(41-6)46-21-11(27-7(2)31)24(47-22-14(34)9(4-29)42-23(40)19(22)39)44-10(5-30)20(21)45-26-18(38)16(36)13(33)8(3-28)43-26/h6,8-26,28-30,32-40H,3-5H2,1-2H3,(H,27,31)/t6-,8+,9+,10+,11+,12+,13-,14-,15+,16-,17-,18+,19+,20+,21+,22-,23+,24-,25-,26-/m0/s1. The molecule has 1 amide bonds. The number of hydrogen-bond donors (Lipinski definition) is 13. The van der Waals surface area contributed by atoms with Gasteiger partial charge in [-0.15, -0.1) is 0 Å². The summed E-state index contributed by atoms with van der Waals surface area (Å²) >= 11 is 0. The summed E-state index contributed by atoms with van der Waals surface area (Å²) in [5.41, 5.74) is 0. The van der Waals surface area contributed by atoms with Crippen molar-refractivity contribution in [3.8, 4) is 0 Å². The Morgan fingerprint density at radius 2 is 1.04 bits per heavy atom. The zero-order valence-corrected chi connectivity index (χ0v) is 25.3. The van der Waals surface area contributed by atoms with Crippen LogP contribution in [0.2, 0.25) is 0 Å². The van der Waals surface area contributed by atoms with Gasteiger partial charge in [-0.25, -0.2) is 0 Å². The quantitative estimate of drug-likeness (QED) is 0.101. The van der Waals surface area contributed by atoms with Gasteiger partial charge in [0, 0.05) is 6.92 Å². The molecule has 0 unspecified atom stereocenters. The second kappa shape index (κ2) is 16.2. The molecule has 0 aromatic rings. The van der Waals surface area contributed by atoms with Gasteiger partial charge >= 0.3 is 0 Å². The average Bonchev–Trinajstić information content (AvgIpc) is 3.04.